The molecule has 3 atom stereocenters. The highest BCUT2D eigenvalue weighted by Crippen LogP contribution is 2.38. The molecule has 2 aliphatic heterocycles. The maximum Gasteiger partial charge on any atom is 0.406 e. The number of ether oxygens (including phenoxy) is 1. The smallest absolute Gasteiger partial charge is 0.372 e. The van der Waals surface area contributed by atoms with Crippen molar-refractivity contribution in [3.05, 3.63) is 0 Å². The van der Waals surface area contributed by atoms with Gasteiger partial charge in [-0.05, 0) is 33.1 Å². The molecule has 0 saturated carbocycles. The Hall–Kier alpha value is -0.290. The van der Waals surface area contributed by atoms with Crippen molar-refractivity contribution in [2.24, 2.45) is 0 Å². The summed E-state index contributed by atoms with van der Waals surface area (Å²) in [5, 5.41) is 0. The number of hydrogen-bond donors (Lipinski definition) is 0. The van der Waals surface area contributed by atoms with E-state index in [-0.39, 0.29) is 12.1 Å². The Labute approximate surface area is 93.7 Å². The van der Waals surface area contributed by atoms with Crippen LogP contribution >= 0.6 is 0 Å². The minimum absolute atomic E-state index is 0.000231. The summed E-state index contributed by atoms with van der Waals surface area (Å²) in [7, 11) is 0. The van der Waals surface area contributed by atoms with Crippen LogP contribution in [-0.2, 0) is 4.74 Å². The SMILES string of the molecule is CC(C)N1CC2CCCC(O2)C1C(F)(F)F. The predicted octanol–water partition coefficient (Wildman–Crippen LogP) is 2.58. The van der Waals surface area contributed by atoms with Gasteiger partial charge in [-0.1, -0.05) is 0 Å². The largest absolute Gasteiger partial charge is 0.406 e. The molecule has 2 fully saturated rings. The average Bonchev–Trinajstić information content (AvgIpc) is 2.14. The first-order valence-electron chi connectivity index (χ1n) is 5.87. The van der Waals surface area contributed by atoms with Gasteiger partial charge in [0.25, 0.3) is 0 Å². The zero-order valence-electron chi connectivity index (χ0n) is 9.63. The molecule has 94 valence electrons. The van der Waals surface area contributed by atoms with Crippen LogP contribution in [0.3, 0.4) is 0 Å². The molecule has 0 aromatic carbocycles. The minimum atomic E-state index is -4.18. The first-order chi connectivity index (χ1) is 7.39. The maximum atomic E-state index is 13.0. The van der Waals surface area contributed by atoms with E-state index in [9.17, 15) is 13.2 Å². The van der Waals surface area contributed by atoms with Gasteiger partial charge in [0.2, 0.25) is 0 Å². The lowest BCUT2D eigenvalue weighted by Gasteiger charge is -2.49. The van der Waals surface area contributed by atoms with Crippen LogP contribution in [0.5, 0.6) is 0 Å². The molecule has 0 aromatic heterocycles. The molecular weight excluding hydrogens is 219 g/mol. The molecule has 2 heterocycles. The summed E-state index contributed by atoms with van der Waals surface area (Å²) in [6.07, 6.45) is -2.56. The molecule has 3 unspecified atom stereocenters. The molecule has 0 spiro atoms. The lowest BCUT2D eigenvalue weighted by molar-refractivity contribution is -0.261. The van der Waals surface area contributed by atoms with Crippen LogP contribution in [0, 0.1) is 0 Å². The Morgan fingerprint density at radius 1 is 1.25 bits per heavy atom. The number of hydrogen-bond acceptors (Lipinski definition) is 2. The molecule has 16 heavy (non-hydrogen) atoms. The highest BCUT2D eigenvalue weighted by Gasteiger charge is 2.53. The Morgan fingerprint density at radius 2 is 1.94 bits per heavy atom. The van der Waals surface area contributed by atoms with Crippen LogP contribution in [0.4, 0.5) is 13.2 Å². The Kier molecular flexibility index (Phi) is 3.18. The van der Waals surface area contributed by atoms with E-state index >= 15 is 0 Å². The summed E-state index contributed by atoms with van der Waals surface area (Å²) < 4.78 is 44.5. The second kappa shape index (κ2) is 4.18. The number of rotatable bonds is 1. The molecule has 0 N–H and O–H groups in total. The first kappa shape index (κ1) is 12.2. The summed E-state index contributed by atoms with van der Waals surface area (Å²) in [5.41, 5.74) is 0. The Morgan fingerprint density at radius 3 is 2.50 bits per heavy atom. The summed E-state index contributed by atoms with van der Waals surface area (Å²) in [6, 6.07) is -1.50. The fraction of sp³-hybridized carbons (Fsp3) is 1.00. The van der Waals surface area contributed by atoms with E-state index in [0.29, 0.717) is 13.0 Å². The highest BCUT2D eigenvalue weighted by molar-refractivity contribution is 4.95. The summed E-state index contributed by atoms with van der Waals surface area (Å²) in [4.78, 5) is 1.55. The van der Waals surface area contributed by atoms with Crippen molar-refractivity contribution >= 4 is 0 Å². The summed E-state index contributed by atoms with van der Waals surface area (Å²) >= 11 is 0. The van der Waals surface area contributed by atoms with E-state index in [4.69, 9.17) is 4.74 Å². The van der Waals surface area contributed by atoms with Crippen LogP contribution in [0.1, 0.15) is 33.1 Å². The van der Waals surface area contributed by atoms with Gasteiger partial charge in [-0.15, -0.1) is 0 Å². The molecule has 2 nitrogen and oxygen atoms in total. The van der Waals surface area contributed by atoms with E-state index in [0.717, 1.165) is 12.8 Å². The van der Waals surface area contributed by atoms with E-state index in [2.05, 4.69) is 0 Å². The number of nitrogens with zero attached hydrogens (tertiary/aromatic N) is 1. The first-order valence-corrected chi connectivity index (χ1v) is 5.87. The van der Waals surface area contributed by atoms with Gasteiger partial charge in [0.15, 0.2) is 0 Å². The van der Waals surface area contributed by atoms with E-state index < -0.39 is 18.3 Å². The Bertz CT molecular complexity index is 254. The second-order valence-corrected chi connectivity index (χ2v) is 5.00. The molecule has 0 radical (unpaired) electrons. The molecular formula is C11H18F3NO. The van der Waals surface area contributed by atoms with Crippen molar-refractivity contribution in [2.75, 3.05) is 6.54 Å². The van der Waals surface area contributed by atoms with E-state index in [1.54, 1.807) is 4.90 Å². The lowest BCUT2D eigenvalue weighted by atomic mass is 9.92. The van der Waals surface area contributed by atoms with Gasteiger partial charge in [-0.3, -0.25) is 4.90 Å². The van der Waals surface area contributed by atoms with E-state index in [1.807, 2.05) is 13.8 Å². The molecule has 0 amide bonds. The second-order valence-electron chi connectivity index (χ2n) is 5.00. The third-order valence-corrected chi connectivity index (χ3v) is 3.50. The molecule has 0 aliphatic carbocycles. The topological polar surface area (TPSA) is 12.5 Å². The minimum Gasteiger partial charge on any atom is -0.372 e. The van der Waals surface area contributed by atoms with Gasteiger partial charge in [-0.25, -0.2) is 0 Å². The molecule has 2 bridgehead atoms. The summed E-state index contributed by atoms with van der Waals surface area (Å²) in [5.74, 6) is 0. The standard InChI is InChI=1S/C11H18F3NO/c1-7(2)15-6-8-4-3-5-9(16-8)10(15)11(12,13)14/h7-10H,3-6H2,1-2H3. The number of alkyl halides is 3. The molecule has 2 aliphatic rings. The summed E-state index contributed by atoms with van der Waals surface area (Å²) in [6.45, 7) is 4.05. The average molecular weight is 237 g/mol. The van der Waals surface area contributed by atoms with Crippen molar-refractivity contribution in [3.8, 4) is 0 Å². The molecule has 5 heteroatoms. The van der Waals surface area contributed by atoms with Gasteiger partial charge in [-0.2, -0.15) is 13.2 Å². The zero-order chi connectivity index (χ0) is 11.9. The van der Waals surface area contributed by atoms with Crippen LogP contribution in [0.25, 0.3) is 0 Å². The quantitative estimate of drug-likeness (QED) is 0.695. The van der Waals surface area contributed by atoms with Crippen LogP contribution in [-0.4, -0.2) is 41.9 Å². The maximum absolute atomic E-state index is 13.0. The van der Waals surface area contributed by atoms with Crippen molar-refractivity contribution in [3.63, 3.8) is 0 Å². The fourth-order valence-corrected chi connectivity index (χ4v) is 2.79. The monoisotopic (exact) mass is 237 g/mol. The lowest BCUT2D eigenvalue weighted by Crippen LogP contribution is -2.63. The van der Waals surface area contributed by atoms with Crippen LogP contribution in [0.15, 0.2) is 0 Å². The Balaban J connectivity index is 2.21. The van der Waals surface area contributed by atoms with Crippen molar-refractivity contribution in [1.29, 1.82) is 0 Å². The van der Waals surface area contributed by atoms with Gasteiger partial charge in [0.1, 0.15) is 6.04 Å². The molecule has 0 aromatic rings. The number of fused-ring (bicyclic) bond motifs is 2. The number of morpholine rings is 1. The third-order valence-electron chi connectivity index (χ3n) is 3.50. The van der Waals surface area contributed by atoms with Crippen LogP contribution < -0.4 is 0 Å². The van der Waals surface area contributed by atoms with Crippen molar-refractivity contribution in [2.45, 2.75) is 63.6 Å². The van der Waals surface area contributed by atoms with Crippen LogP contribution in [0.2, 0.25) is 0 Å². The van der Waals surface area contributed by atoms with Crippen molar-refractivity contribution in [1.82, 2.24) is 4.90 Å². The van der Waals surface area contributed by atoms with Gasteiger partial charge in [0, 0.05) is 12.6 Å². The molecule has 2 rings (SSSR count). The zero-order valence-corrected chi connectivity index (χ0v) is 9.63. The van der Waals surface area contributed by atoms with E-state index in [1.165, 1.54) is 0 Å². The fourth-order valence-electron chi connectivity index (χ4n) is 2.79. The normalized spacial score (nSPS) is 36.8. The van der Waals surface area contributed by atoms with Gasteiger partial charge < -0.3 is 4.74 Å². The molecule has 2 saturated heterocycles. The van der Waals surface area contributed by atoms with Gasteiger partial charge in [0.05, 0.1) is 12.2 Å². The number of halogens is 3. The van der Waals surface area contributed by atoms with Crippen molar-refractivity contribution < 1.29 is 17.9 Å². The number of likely N-dealkylation sites (tertiary alicyclic amines) is 1. The predicted molar refractivity (Wildman–Crippen MR) is 54.2 cm³/mol. The third kappa shape index (κ3) is 2.20. The van der Waals surface area contributed by atoms with Gasteiger partial charge >= 0.3 is 6.18 Å². The highest BCUT2D eigenvalue weighted by atomic mass is 19.4.